The minimum absolute atomic E-state index is 0.0425. The normalized spacial score (nSPS) is 12.1. The zero-order valence-corrected chi connectivity index (χ0v) is 12.6. The molecule has 8 heteroatoms. The highest BCUT2D eigenvalue weighted by Gasteiger charge is 2.19. The van der Waals surface area contributed by atoms with Crippen LogP contribution in [-0.4, -0.2) is 32.0 Å². The van der Waals surface area contributed by atoms with Crippen LogP contribution in [0.5, 0.6) is 0 Å². The van der Waals surface area contributed by atoms with Crippen LogP contribution in [0, 0.1) is 0 Å². The number of nitrogens with zero attached hydrogens (tertiary/aromatic N) is 3. The molecule has 2 rings (SSSR count). The lowest BCUT2D eigenvalue weighted by atomic mass is 10.2. The summed E-state index contributed by atoms with van der Waals surface area (Å²) >= 11 is 1.57. The monoisotopic (exact) mass is 308 g/mol. The molecule has 0 aliphatic heterocycles. The van der Waals surface area contributed by atoms with Crippen LogP contribution in [0.2, 0.25) is 0 Å². The van der Waals surface area contributed by atoms with E-state index in [9.17, 15) is 9.59 Å². The van der Waals surface area contributed by atoms with Gasteiger partial charge in [0.1, 0.15) is 6.54 Å². The SMILES string of the molecule is CCc1c(C(=O)O)nnn1CC(=O)NC(C)c1cccs1. The van der Waals surface area contributed by atoms with Crippen molar-refractivity contribution in [2.24, 2.45) is 0 Å². The summed E-state index contributed by atoms with van der Waals surface area (Å²) in [4.78, 5) is 24.1. The van der Waals surface area contributed by atoms with Gasteiger partial charge in [-0.25, -0.2) is 9.48 Å². The van der Waals surface area contributed by atoms with Gasteiger partial charge < -0.3 is 10.4 Å². The van der Waals surface area contributed by atoms with E-state index in [0.29, 0.717) is 12.1 Å². The fourth-order valence-corrected chi connectivity index (χ4v) is 2.74. The molecule has 0 aliphatic rings. The van der Waals surface area contributed by atoms with Gasteiger partial charge in [0.25, 0.3) is 0 Å². The number of aromatic nitrogens is 3. The zero-order valence-electron chi connectivity index (χ0n) is 11.7. The van der Waals surface area contributed by atoms with E-state index in [4.69, 9.17) is 5.11 Å². The predicted octanol–water partition coefficient (Wildman–Crippen LogP) is 1.48. The molecular formula is C13H16N4O3S. The van der Waals surface area contributed by atoms with E-state index in [1.54, 1.807) is 18.3 Å². The third kappa shape index (κ3) is 3.46. The highest BCUT2D eigenvalue weighted by molar-refractivity contribution is 7.10. The molecule has 112 valence electrons. The first-order chi connectivity index (χ1) is 10.0. The molecule has 2 aromatic heterocycles. The molecule has 2 aromatic rings. The van der Waals surface area contributed by atoms with Gasteiger partial charge in [-0.3, -0.25) is 4.79 Å². The van der Waals surface area contributed by atoms with E-state index in [0.717, 1.165) is 4.88 Å². The molecule has 1 atom stereocenters. The van der Waals surface area contributed by atoms with Gasteiger partial charge in [0.05, 0.1) is 11.7 Å². The molecule has 1 unspecified atom stereocenters. The minimum atomic E-state index is -1.13. The van der Waals surface area contributed by atoms with E-state index in [1.165, 1.54) is 4.68 Å². The minimum Gasteiger partial charge on any atom is -0.476 e. The Morgan fingerprint density at radius 3 is 2.86 bits per heavy atom. The number of carbonyl (C=O) groups excluding carboxylic acids is 1. The lowest BCUT2D eigenvalue weighted by Gasteiger charge is -2.12. The number of nitrogens with one attached hydrogen (secondary N) is 1. The molecule has 2 heterocycles. The van der Waals surface area contributed by atoms with Crippen molar-refractivity contribution in [3.8, 4) is 0 Å². The summed E-state index contributed by atoms with van der Waals surface area (Å²) in [6.45, 7) is 3.65. The summed E-state index contributed by atoms with van der Waals surface area (Å²) in [7, 11) is 0. The molecular weight excluding hydrogens is 292 g/mol. The molecule has 0 bridgehead atoms. The number of hydrogen-bond donors (Lipinski definition) is 2. The van der Waals surface area contributed by atoms with Gasteiger partial charge in [0, 0.05) is 4.88 Å². The van der Waals surface area contributed by atoms with Gasteiger partial charge in [-0.1, -0.05) is 18.2 Å². The standard InChI is InChI=1S/C13H16N4O3S/c1-3-9-12(13(19)20)15-16-17(9)7-11(18)14-8(2)10-5-4-6-21-10/h4-6,8H,3,7H2,1-2H3,(H,14,18)(H,19,20). The Balaban J connectivity index is 2.04. The number of thiophene rings is 1. The van der Waals surface area contributed by atoms with Crippen LogP contribution in [0.4, 0.5) is 0 Å². The average Bonchev–Trinajstić information content (AvgIpc) is 3.07. The molecule has 0 aromatic carbocycles. The van der Waals surface area contributed by atoms with Crippen LogP contribution in [0.15, 0.2) is 17.5 Å². The first-order valence-electron chi connectivity index (χ1n) is 6.51. The van der Waals surface area contributed by atoms with Gasteiger partial charge in [-0.2, -0.15) is 0 Å². The summed E-state index contributed by atoms with van der Waals surface area (Å²) in [6.07, 6.45) is 0.447. The summed E-state index contributed by atoms with van der Waals surface area (Å²) in [5, 5.41) is 21.2. The third-order valence-electron chi connectivity index (χ3n) is 3.02. The van der Waals surface area contributed by atoms with Gasteiger partial charge in [0.15, 0.2) is 5.69 Å². The van der Waals surface area contributed by atoms with Crippen LogP contribution >= 0.6 is 11.3 Å². The van der Waals surface area contributed by atoms with Crippen molar-refractivity contribution in [2.45, 2.75) is 32.9 Å². The van der Waals surface area contributed by atoms with E-state index in [2.05, 4.69) is 15.6 Å². The summed E-state index contributed by atoms with van der Waals surface area (Å²) in [6, 6.07) is 3.78. The van der Waals surface area contributed by atoms with Crippen molar-refractivity contribution in [3.63, 3.8) is 0 Å². The van der Waals surface area contributed by atoms with Crippen molar-refractivity contribution in [1.82, 2.24) is 20.3 Å². The maximum absolute atomic E-state index is 12.0. The molecule has 0 aliphatic carbocycles. The molecule has 0 radical (unpaired) electrons. The molecule has 0 saturated heterocycles. The Hall–Kier alpha value is -2.22. The third-order valence-corrected chi connectivity index (χ3v) is 4.07. The molecule has 0 spiro atoms. The number of aromatic carboxylic acids is 1. The Bertz CT molecular complexity index is 636. The largest absolute Gasteiger partial charge is 0.476 e. The van der Waals surface area contributed by atoms with Crippen molar-refractivity contribution in [3.05, 3.63) is 33.8 Å². The number of hydrogen-bond acceptors (Lipinski definition) is 5. The number of carboxylic acids is 1. The zero-order chi connectivity index (χ0) is 15.4. The van der Waals surface area contributed by atoms with E-state index in [-0.39, 0.29) is 24.2 Å². The highest BCUT2D eigenvalue weighted by Crippen LogP contribution is 2.18. The first kappa shape index (κ1) is 15.2. The van der Waals surface area contributed by atoms with Crippen LogP contribution in [0.1, 0.15) is 40.9 Å². The number of rotatable bonds is 6. The lowest BCUT2D eigenvalue weighted by molar-refractivity contribution is -0.122. The first-order valence-corrected chi connectivity index (χ1v) is 7.39. The molecule has 0 fully saturated rings. The maximum atomic E-state index is 12.0. The van der Waals surface area contributed by atoms with Crippen molar-refractivity contribution >= 4 is 23.2 Å². The second-order valence-corrected chi connectivity index (χ2v) is 5.48. The lowest BCUT2D eigenvalue weighted by Crippen LogP contribution is -2.30. The van der Waals surface area contributed by atoms with Crippen molar-refractivity contribution in [2.75, 3.05) is 0 Å². The highest BCUT2D eigenvalue weighted by atomic mass is 32.1. The van der Waals surface area contributed by atoms with E-state index in [1.807, 2.05) is 24.4 Å². The van der Waals surface area contributed by atoms with Crippen LogP contribution in [-0.2, 0) is 17.8 Å². The summed E-state index contributed by atoms with van der Waals surface area (Å²) < 4.78 is 1.33. The Morgan fingerprint density at radius 2 is 2.29 bits per heavy atom. The second kappa shape index (κ2) is 6.49. The molecule has 2 N–H and O–H groups in total. The fourth-order valence-electron chi connectivity index (χ4n) is 2.01. The van der Waals surface area contributed by atoms with Crippen LogP contribution in [0.25, 0.3) is 0 Å². The van der Waals surface area contributed by atoms with Gasteiger partial charge in [-0.15, -0.1) is 16.4 Å². The Morgan fingerprint density at radius 1 is 1.52 bits per heavy atom. The van der Waals surface area contributed by atoms with Gasteiger partial charge in [-0.05, 0) is 24.8 Å². The summed E-state index contributed by atoms with van der Waals surface area (Å²) in [5.41, 5.74) is 0.345. The number of carboxylic acid groups (broad SMARTS) is 1. The van der Waals surface area contributed by atoms with Crippen LogP contribution < -0.4 is 5.32 Å². The Kier molecular flexibility index (Phi) is 4.69. The molecule has 0 saturated carbocycles. The quantitative estimate of drug-likeness (QED) is 0.842. The second-order valence-electron chi connectivity index (χ2n) is 4.51. The number of carbonyl (C=O) groups is 2. The smallest absolute Gasteiger partial charge is 0.358 e. The average molecular weight is 308 g/mol. The predicted molar refractivity (Wildman–Crippen MR) is 77.2 cm³/mol. The topological polar surface area (TPSA) is 97.1 Å². The van der Waals surface area contributed by atoms with Crippen LogP contribution in [0.3, 0.4) is 0 Å². The van der Waals surface area contributed by atoms with Crippen molar-refractivity contribution < 1.29 is 14.7 Å². The van der Waals surface area contributed by atoms with E-state index < -0.39 is 5.97 Å². The molecule has 1 amide bonds. The Labute approximate surface area is 125 Å². The fraction of sp³-hybridized carbons (Fsp3) is 0.385. The summed E-state index contributed by atoms with van der Waals surface area (Å²) in [5.74, 6) is -1.36. The molecule has 21 heavy (non-hydrogen) atoms. The molecule has 7 nitrogen and oxygen atoms in total. The maximum Gasteiger partial charge on any atom is 0.358 e. The van der Waals surface area contributed by atoms with Gasteiger partial charge in [0.2, 0.25) is 5.91 Å². The van der Waals surface area contributed by atoms with Gasteiger partial charge >= 0.3 is 5.97 Å². The van der Waals surface area contributed by atoms with E-state index >= 15 is 0 Å². The number of amides is 1. The van der Waals surface area contributed by atoms with Crippen molar-refractivity contribution in [1.29, 1.82) is 0 Å².